The molecular weight excluding hydrogens is 344 g/mol. The van der Waals surface area contributed by atoms with Crippen LogP contribution in [0.2, 0.25) is 0 Å². The van der Waals surface area contributed by atoms with Crippen molar-refractivity contribution in [3.63, 3.8) is 0 Å². The van der Waals surface area contributed by atoms with Gasteiger partial charge in [-0.15, -0.1) is 0 Å². The number of para-hydroxylation sites is 1. The first-order valence-electron chi connectivity index (χ1n) is 8.91. The highest BCUT2D eigenvalue weighted by atomic mass is 16.5. The van der Waals surface area contributed by atoms with E-state index in [1.807, 2.05) is 18.2 Å². The van der Waals surface area contributed by atoms with Crippen LogP contribution in [0.4, 0.5) is 16.2 Å². The Morgan fingerprint density at radius 1 is 0.963 bits per heavy atom. The summed E-state index contributed by atoms with van der Waals surface area (Å²) in [5, 5.41) is 5.01. The minimum atomic E-state index is -0.534. The molecule has 1 heterocycles. The summed E-state index contributed by atoms with van der Waals surface area (Å²) in [5.41, 5.74) is 1.79. The Labute approximate surface area is 158 Å². The second-order valence-electron chi connectivity index (χ2n) is 6.33. The number of hydrogen-bond acceptors (Lipinski definition) is 5. The number of amides is 3. The molecule has 2 N–H and O–H groups in total. The van der Waals surface area contributed by atoms with Gasteiger partial charge < -0.3 is 15.0 Å². The number of urea groups is 1. The van der Waals surface area contributed by atoms with E-state index in [2.05, 4.69) is 32.6 Å². The Morgan fingerprint density at radius 2 is 1.63 bits per heavy atom. The van der Waals surface area contributed by atoms with Crippen molar-refractivity contribution < 1.29 is 14.3 Å². The molecule has 1 fully saturated rings. The number of imide groups is 1. The maximum Gasteiger partial charge on any atom is 0.325 e. The molecule has 0 atom stereocenters. The van der Waals surface area contributed by atoms with Gasteiger partial charge in [0.25, 0.3) is 0 Å². The molecule has 3 rings (SSSR count). The lowest BCUT2D eigenvalue weighted by Crippen LogP contribution is -2.50. The molecule has 0 radical (unpaired) electrons. The number of carbonyl (C=O) groups is 2. The first-order chi connectivity index (χ1) is 13.1. The third kappa shape index (κ3) is 5.46. The normalized spacial score (nSPS) is 14.5. The highest BCUT2D eigenvalue weighted by molar-refractivity contribution is 6.01. The highest BCUT2D eigenvalue weighted by Gasteiger charge is 2.20. The van der Waals surface area contributed by atoms with Gasteiger partial charge in [-0.05, 0) is 36.4 Å². The Bertz CT molecular complexity index is 757. The number of piperazine rings is 1. The summed E-state index contributed by atoms with van der Waals surface area (Å²) in [6.07, 6.45) is 0. The molecule has 1 saturated heterocycles. The summed E-state index contributed by atoms with van der Waals surface area (Å²) in [7, 11) is 1.58. The third-order valence-corrected chi connectivity index (χ3v) is 4.46. The summed E-state index contributed by atoms with van der Waals surface area (Å²) in [4.78, 5) is 28.4. The van der Waals surface area contributed by atoms with E-state index >= 15 is 0 Å². The van der Waals surface area contributed by atoms with Crippen molar-refractivity contribution in [1.29, 1.82) is 0 Å². The lowest BCUT2D eigenvalue weighted by Gasteiger charge is -2.35. The molecule has 0 saturated carbocycles. The van der Waals surface area contributed by atoms with Crippen LogP contribution in [0.3, 0.4) is 0 Å². The van der Waals surface area contributed by atoms with Crippen LogP contribution in [-0.2, 0) is 4.79 Å². The largest absolute Gasteiger partial charge is 0.497 e. The molecule has 0 unspecified atom stereocenters. The predicted molar refractivity (Wildman–Crippen MR) is 105 cm³/mol. The van der Waals surface area contributed by atoms with Crippen LogP contribution in [0.25, 0.3) is 0 Å². The summed E-state index contributed by atoms with van der Waals surface area (Å²) < 4.78 is 5.07. The maximum atomic E-state index is 12.1. The number of methoxy groups -OCH3 is 1. The van der Waals surface area contributed by atoms with Gasteiger partial charge in [0.05, 0.1) is 13.7 Å². The van der Waals surface area contributed by atoms with Crippen molar-refractivity contribution in [1.82, 2.24) is 10.2 Å². The van der Waals surface area contributed by atoms with Crippen molar-refractivity contribution in [3.05, 3.63) is 54.6 Å². The molecule has 0 aliphatic carbocycles. The molecular formula is C20H24N4O3. The van der Waals surface area contributed by atoms with E-state index < -0.39 is 6.03 Å². The third-order valence-electron chi connectivity index (χ3n) is 4.46. The maximum absolute atomic E-state index is 12.1. The fourth-order valence-corrected chi connectivity index (χ4v) is 3.01. The Balaban J connectivity index is 1.41. The summed E-state index contributed by atoms with van der Waals surface area (Å²) >= 11 is 0. The van der Waals surface area contributed by atoms with Crippen LogP contribution in [0.5, 0.6) is 5.75 Å². The molecule has 27 heavy (non-hydrogen) atoms. The molecule has 2 aromatic rings. The van der Waals surface area contributed by atoms with Gasteiger partial charge in [0.1, 0.15) is 5.75 Å². The van der Waals surface area contributed by atoms with Gasteiger partial charge in [-0.2, -0.15) is 0 Å². The summed E-state index contributed by atoms with van der Waals surface area (Å²) in [5.74, 6) is 0.390. The first kappa shape index (κ1) is 18.7. The standard InChI is InChI=1S/C20H24N4O3/c1-27-18-9-7-16(8-10-18)21-20(26)22-19(25)15-23-11-13-24(14-12-23)17-5-3-2-4-6-17/h2-10H,11-15H2,1H3,(H2,21,22,25,26). The van der Waals surface area contributed by atoms with Crippen LogP contribution >= 0.6 is 0 Å². The summed E-state index contributed by atoms with van der Waals surface area (Å²) in [6.45, 7) is 3.48. The van der Waals surface area contributed by atoms with Crippen molar-refractivity contribution in [2.45, 2.75) is 0 Å². The number of nitrogens with zero attached hydrogens (tertiary/aromatic N) is 2. The van der Waals surface area contributed by atoms with E-state index in [1.54, 1.807) is 31.4 Å². The molecule has 0 spiro atoms. The van der Waals surface area contributed by atoms with Crippen molar-refractivity contribution in [3.8, 4) is 5.75 Å². The summed E-state index contributed by atoms with van der Waals surface area (Å²) in [6, 6.07) is 16.6. The fourth-order valence-electron chi connectivity index (χ4n) is 3.01. The first-order valence-corrected chi connectivity index (χ1v) is 8.91. The Morgan fingerprint density at radius 3 is 2.26 bits per heavy atom. The lowest BCUT2D eigenvalue weighted by atomic mass is 10.2. The van der Waals surface area contributed by atoms with Crippen molar-refractivity contribution in [2.24, 2.45) is 0 Å². The van der Waals surface area contributed by atoms with Gasteiger partial charge in [-0.25, -0.2) is 4.79 Å². The van der Waals surface area contributed by atoms with Crippen LogP contribution < -0.4 is 20.3 Å². The number of carbonyl (C=O) groups excluding carboxylic acids is 2. The van der Waals surface area contributed by atoms with Gasteiger partial charge >= 0.3 is 6.03 Å². The van der Waals surface area contributed by atoms with E-state index in [0.29, 0.717) is 11.4 Å². The zero-order chi connectivity index (χ0) is 19.1. The van der Waals surface area contributed by atoms with E-state index in [4.69, 9.17) is 4.74 Å². The number of benzene rings is 2. The molecule has 142 valence electrons. The van der Waals surface area contributed by atoms with E-state index in [-0.39, 0.29) is 12.5 Å². The number of nitrogens with one attached hydrogen (secondary N) is 2. The number of hydrogen-bond donors (Lipinski definition) is 2. The number of ether oxygens (including phenoxy) is 1. The van der Waals surface area contributed by atoms with E-state index in [9.17, 15) is 9.59 Å². The van der Waals surface area contributed by atoms with Crippen molar-refractivity contribution in [2.75, 3.05) is 50.1 Å². The molecule has 7 heteroatoms. The molecule has 2 aromatic carbocycles. The molecule has 0 aromatic heterocycles. The van der Waals surface area contributed by atoms with Crippen LogP contribution in [0, 0.1) is 0 Å². The zero-order valence-corrected chi connectivity index (χ0v) is 15.4. The lowest BCUT2D eigenvalue weighted by molar-refractivity contribution is -0.121. The number of anilines is 2. The second-order valence-corrected chi connectivity index (χ2v) is 6.33. The average Bonchev–Trinajstić information content (AvgIpc) is 2.69. The topological polar surface area (TPSA) is 73.9 Å². The Kier molecular flexibility index (Phi) is 6.27. The highest BCUT2D eigenvalue weighted by Crippen LogP contribution is 2.16. The fraction of sp³-hybridized carbons (Fsp3) is 0.300. The van der Waals surface area contributed by atoms with E-state index in [0.717, 1.165) is 26.2 Å². The van der Waals surface area contributed by atoms with Gasteiger partial charge in [0, 0.05) is 37.6 Å². The minimum absolute atomic E-state index is 0.207. The van der Waals surface area contributed by atoms with Crippen molar-refractivity contribution >= 4 is 23.3 Å². The van der Waals surface area contributed by atoms with Gasteiger partial charge in [-0.3, -0.25) is 15.0 Å². The second kappa shape index (κ2) is 9.05. The predicted octanol–water partition coefficient (Wildman–Crippen LogP) is 2.17. The number of rotatable bonds is 5. The van der Waals surface area contributed by atoms with Gasteiger partial charge in [-0.1, -0.05) is 18.2 Å². The molecule has 3 amide bonds. The Hall–Kier alpha value is -3.06. The molecule has 7 nitrogen and oxygen atoms in total. The van der Waals surface area contributed by atoms with Crippen LogP contribution in [0.1, 0.15) is 0 Å². The zero-order valence-electron chi connectivity index (χ0n) is 15.4. The van der Waals surface area contributed by atoms with Gasteiger partial charge in [0.15, 0.2) is 0 Å². The van der Waals surface area contributed by atoms with Gasteiger partial charge in [0.2, 0.25) is 5.91 Å². The monoisotopic (exact) mass is 368 g/mol. The van der Waals surface area contributed by atoms with Crippen LogP contribution in [0.15, 0.2) is 54.6 Å². The van der Waals surface area contributed by atoms with E-state index in [1.165, 1.54) is 5.69 Å². The average molecular weight is 368 g/mol. The smallest absolute Gasteiger partial charge is 0.325 e. The molecule has 1 aliphatic rings. The quantitative estimate of drug-likeness (QED) is 0.846. The molecule has 0 bridgehead atoms. The SMILES string of the molecule is COc1ccc(NC(=O)NC(=O)CN2CCN(c3ccccc3)CC2)cc1. The van der Waals surface area contributed by atoms with Crippen LogP contribution in [-0.4, -0.2) is 56.7 Å². The minimum Gasteiger partial charge on any atom is -0.497 e. The molecule has 1 aliphatic heterocycles.